The number of hydrogen-bond donors (Lipinski definition) is 1. The van der Waals surface area contributed by atoms with E-state index in [1.54, 1.807) is 17.5 Å². The Morgan fingerprint density at radius 2 is 1.89 bits per heavy atom. The summed E-state index contributed by atoms with van der Waals surface area (Å²) in [6.07, 6.45) is 0.929. The lowest BCUT2D eigenvalue weighted by Crippen LogP contribution is -2.12. The monoisotopic (exact) mass is 397 g/mol. The fraction of sp³-hybridized carbons (Fsp3) is 0.200. The summed E-state index contributed by atoms with van der Waals surface area (Å²) in [4.78, 5) is 26.7. The van der Waals surface area contributed by atoms with Gasteiger partial charge in [0, 0.05) is 29.5 Å². The zero-order chi connectivity index (χ0) is 19.9. The molecule has 0 aliphatic carbocycles. The number of thiazole rings is 1. The van der Waals surface area contributed by atoms with Crippen molar-refractivity contribution >= 4 is 28.1 Å². The van der Waals surface area contributed by atoms with E-state index >= 15 is 0 Å². The lowest BCUT2D eigenvalue weighted by Gasteiger charge is -2.06. The molecular weight excluding hydrogens is 378 g/mol. The minimum Gasteiger partial charge on any atom is -0.494 e. The zero-order valence-corrected chi connectivity index (χ0v) is 16.1. The van der Waals surface area contributed by atoms with Crippen molar-refractivity contribution in [3.63, 3.8) is 0 Å². The highest BCUT2D eigenvalue weighted by atomic mass is 32.1. The van der Waals surface area contributed by atoms with Crippen LogP contribution in [-0.2, 0) is 4.79 Å². The molecule has 3 rings (SSSR count). The molecule has 0 aliphatic heterocycles. The number of aromatic nitrogens is 1. The van der Waals surface area contributed by atoms with Crippen LogP contribution < -0.4 is 10.1 Å². The zero-order valence-electron chi connectivity index (χ0n) is 15.3. The van der Waals surface area contributed by atoms with E-state index in [0.717, 1.165) is 11.3 Å². The van der Waals surface area contributed by atoms with E-state index < -0.39 is 4.92 Å². The standard InChI is InChI=1S/C20H19N3O4S/c1-14-4-10-17(11-5-14)27-12-2-3-19(24)22-20-21-18(13-28-20)15-6-8-16(9-7-15)23(25)26/h4-11,13H,2-3,12H2,1H3,(H,21,22,24). The van der Waals surface area contributed by atoms with Gasteiger partial charge in [0.05, 0.1) is 17.2 Å². The Kier molecular flexibility index (Phi) is 6.33. The molecule has 0 aliphatic rings. The molecule has 0 saturated heterocycles. The number of nitro benzene ring substituents is 1. The number of rotatable bonds is 8. The molecule has 3 aromatic rings. The number of ether oxygens (including phenoxy) is 1. The van der Waals surface area contributed by atoms with Crippen molar-refractivity contribution in [2.24, 2.45) is 0 Å². The van der Waals surface area contributed by atoms with Gasteiger partial charge in [0.1, 0.15) is 5.75 Å². The molecule has 0 atom stereocenters. The number of anilines is 1. The SMILES string of the molecule is Cc1ccc(OCCCC(=O)Nc2nc(-c3ccc([N+](=O)[O-])cc3)cs2)cc1. The van der Waals surface area contributed by atoms with E-state index in [0.29, 0.717) is 30.3 Å². The van der Waals surface area contributed by atoms with Gasteiger partial charge in [0.25, 0.3) is 5.69 Å². The van der Waals surface area contributed by atoms with Gasteiger partial charge in [-0.3, -0.25) is 14.9 Å². The topological polar surface area (TPSA) is 94.4 Å². The summed E-state index contributed by atoms with van der Waals surface area (Å²) in [5, 5.41) is 15.8. The van der Waals surface area contributed by atoms with Crippen LogP contribution in [0.3, 0.4) is 0 Å². The number of hydrogen-bond acceptors (Lipinski definition) is 6. The molecule has 0 unspecified atom stereocenters. The fourth-order valence-corrected chi connectivity index (χ4v) is 3.19. The summed E-state index contributed by atoms with van der Waals surface area (Å²) in [6.45, 7) is 2.47. The summed E-state index contributed by atoms with van der Waals surface area (Å²) in [5.41, 5.74) is 2.62. The molecule has 1 aromatic heterocycles. The third kappa shape index (κ3) is 5.37. The van der Waals surface area contributed by atoms with E-state index in [4.69, 9.17) is 4.74 Å². The third-order valence-corrected chi connectivity index (χ3v) is 4.72. The number of nitrogens with zero attached hydrogens (tertiary/aromatic N) is 2. The molecular formula is C20H19N3O4S. The lowest BCUT2D eigenvalue weighted by molar-refractivity contribution is -0.384. The number of aryl methyl sites for hydroxylation is 1. The molecule has 8 heteroatoms. The smallest absolute Gasteiger partial charge is 0.269 e. The van der Waals surface area contributed by atoms with Crippen LogP contribution in [0.4, 0.5) is 10.8 Å². The molecule has 2 aromatic carbocycles. The van der Waals surface area contributed by atoms with Gasteiger partial charge < -0.3 is 10.1 Å². The van der Waals surface area contributed by atoms with Crippen LogP contribution in [-0.4, -0.2) is 22.4 Å². The maximum atomic E-state index is 12.1. The number of amides is 1. The Hall–Kier alpha value is -3.26. The van der Waals surface area contributed by atoms with E-state index in [1.165, 1.54) is 29.0 Å². The second kappa shape index (κ2) is 9.09. The van der Waals surface area contributed by atoms with Gasteiger partial charge >= 0.3 is 0 Å². The van der Waals surface area contributed by atoms with Crippen molar-refractivity contribution in [2.75, 3.05) is 11.9 Å². The molecule has 0 radical (unpaired) electrons. The summed E-state index contributed by atoms with van der Waals surface area (Å²) >= 11 is 1.31. The number of carbonyl (C=O) groups is 1. The maximum absolute atomic E-state index is 12.1. The molecule has 1 amide bonds. The summed E-state index contributed by atoms with van der Waals surface area (Å²) in [5.74, 6) is 0.663. The van der Waals surface area contributed by atoms with E-state index in [9.17, 15) is 14.9 Å². The van der Waals surface area contributed by atoms with E-state index in [1.807, 2.05) is 31.2 Å². The largest absolute Gasteiger partial charge is 0.494 e. The summed E-state index contributed by atoms with van der Waals surface area (Å²) in [6, 6.07) is 13.9. The minimum atomic E-state index is -0.445. The van der Waals surface area contributed by atoms with Gasteiger partial charge in [-0.25, -0.2) is 4.98 Å². The van der Waals surface area contributed by atoms with Crippen LogP contribution in [0, 0.1) is 17.0 Å². The second-order valence-corrected chi connectivity index (χ2v) is 7.01. The number of benzene rings is 2. The predicted octanol–water partition coefficient (Wildman–Crippen LogP) is 4.82. The normalized spacial score (nSPS) is 10.5. The average molecular weight is 397 g/mol. The van der Waals surface area contributed by atoms with Crippen molar-refractivity contribution in [1.82, 2.24) is 4.98 Å². The maximum Gasteiger partial charge on any atom is 0.269 e. The number of nitrogens with one attached hydrogen (secondary N) is 1. The van der Waals surface area contributed by atoms with Crippen LogP contribution in [0.25, 0.3) is 11.3 Å². The first kappa shape index (κ1) is 19.5. The van der Waals surface area contributed by atoms with Crippen LogP contribution in [0.5, 0.6) is 5.75 Å². The molecule has 1 N–H and O–H groups in total. The van der Waals surface area contributed by atoms with E-state index in [-0.39, 0.29) is 11.6 Å². The second-order valence-electron chi connectivity index (χ2n) is 6.16. The summed E-state index contributed by atoms with van der Waals surface area (Å²) in [7, 11) is 0. The van der Waals surface area contributed by atoms with Crippen LogP contribution in [0.15, 0.2) is 53.9 Å². The van der Waals surface area contributed by atoms with Gasteiger partial charge in [-0.2, -0.15) is 0 Å². The Morgan fingerprint density at radius 3 is 2.57 bits per heavy atom. The number of nitro groups is 1. The van der Waals surface area contributed by atoms with Crippen LogP contribution in [0.2, 0.25) is 0 Å². The number of non-ortho nitro benzene ring substituents is 1. The molecule has 28 heavy (non-hydrogen) atoms. The molecule has 144 valence electrons. The fourth-order valence-electron chi connectivity index (χ4n) is 2.46. The molecule has 0 bridgehead atoms. The minimum absolute atomic E-state index is 0.0281. The first-order valence-corrected chi connectivity index (χ1v) is 9.59. The number of carbonyl (C=O) groups excluding carboxylic acids is 1. The van der Waals surface area contributed by atoms with Crippen molar-refractivity contribution in [3.05, 3.63) is 69.6 Å². The van der Waals surface area contributed by atoms with Gasteiger partial charge in [-0.15, -0.1) is 11.3 Å². The first-order chi connectivity index (χ1) is 13.5. The highest BCUT2D eigenvalue weighted by molar-refractivity contribution is 7.14. The first-order valence-electron chi connectivity index (χ1n) is 8.71. The van der Waals surface area contributed by atoms with Gasteiger partial charge in [0.15, 0.2) is 5.13 Å². The third-order valence-electron chi connectivity index (χ3n) is 3.96. The highest BCUT2D eigenvalue weighted by Gasteiger charge is 2.10. The summed E-state index contributed by atoms with van der Waals surface area (Å²) < 4.78 is 5.61. The Bertz CT molecular complexity index is 952. The molecule has 7 nitrogen and oxygen atoms in total. The molecule has 1 heterocycles. The molecule has 0 fully saturated rings. The van der Waals surface area contributed by atoms with Crippen LogP contribution in [0.1, 0.15) is 18.4 Å². The van der Waals surface area contributed by atoms with Crippen molar-refractivity contribution in [1.29, 1.82) is 0 Å². The van der Waals surface area contributed by atoms with Gasteiger partial charge in [0.2, 0.25) is 5.91 Å². The predicted molar refractivity (Wildman–Crippen MR) is 109 cm³/mol. The lowest BCUT2D eigenvalue weighted by atomic mass is 10.1. The average Bonchev–Trinajstić information content (AvgIpc) is 3.15. The highest BCUT2D eigenvalue weighted by Crippen LogP contribution is 2.26. The van der Waals surface area contributed by atoms with Crippen molar-refractivity contribution in [2.45, 2.75) is 19.8 Å². The van der Waals surface area contributed by atoms with Crippen LogP contribution >= 0.6 is 11.3 Å². The Morgan fingerprint density at radius 1 is 1.18 bits per heavy atom. The van der Waals surface area contributed by atoms with E-state index in [2.05, 4.69) is 10.3 Å². The molecule has 0 saturated carbocycles. The van der Waals surface area contributed by atoms with Crippen molar-refractivity contribution < 1.29 is 14.5 Å². The Labute approximate surface area is 166 Å². The van der Waals surface area contributed by atoms with Gasteiger partial charge in [-0.05, 0) is 37.6 Å². The Balaban J connectivity index is 1.45. The molecule has 0 spiro atoms. The van der Waals surface area contributed by atoms with Crippen molar-refractivity contribution in [3.8, 4) is 17.0 Å². The van der Waals surface area contributed by atoms with Gasteiger partial charge in [-0.1, -0.05) is 17.7 Å². The quantitative estimate of drug-likeness (QED) is 0.334.